The lowest BCUT2D eigenvalue weighted by molar-refractivity contribution is 0.0697. The van der Waals surface area contributed by atoms with Crippen molar-refractivity contribution in [1.82, 2.24) is 4.98 Å². The molecule has 1 heterocycles. The first kappa shape index (κ1) is 15.0. The summed E-state index contributed by atoms with van der Waals surface area (Å²) in [6.45, 7) is 0. The fourth-order valence-corrected chi connectivity index (χ4v) is 3.21. The van der Waals surface area contributed by atoms with E-state index in [-0.39, 0.29) is 5.56 Å². The maximum absolute atomic E-state index is 11.3. The Bertz CT molecular complexity index is 861. The van der Waals surface area contributed by atoms with Crippen molar-refractivity contribution < 1.29 is 9.90 Å². The highest BCUT2D eigenvalue weighted by Crippen LogP contribution is 2.33. The average molecular weight is 350 g/mol. The second kappa shape index (κ2) is 6.08. The van der Waals surface area contributed by atoms with E-state index in [1.54, 1.807) is 36.4 Å². The molecule has 3 rings (SSSR count). The molecule has 0 spiro atoms. The van der Waals surface area contributed by atoms with Gasteiger partial charge in [-0.2, -0.15) is 0 Å². The van der Waals surface area contributed by atoms with E-state index in [0.717, 1.165) is 11.3 Å². The average Bonchev–Trinajstić information content (AvgIpc) is 3.00. The first-order valence-electron chi connectivity index (χ1n) is 6.30. The van der Waals surface area contributed by atoms with Crippen LogP contribution in [0.2, 0.25) is 10.0 Å². The molecule has 2 aromatic carbocycles. The van der Waals surface area contributed by atoms with Gasteiger partial charge in [-0.05, 0) is 18.2 Å². The maximum atomic E-state index is 11.3. The third-order valence-electron chi connectivity index (χ3n) is 3.11. The lowest BCUT2D eigenvalue weighted by atomic mass is 10.1. The molecule has 6 heteroatoms. The van der Waals surface area contributed by atoms with Crippen LogP contribution in [0.4, 0.5) is 0 Å². The molecule has 0 aliphatic rings. The molecule has 0 unspecified atom stereocenters. The molecule has 22 heavy (non-hydrogen) atoms. The Kier molecular flexibility index (Phi) is 4.16. The third kappa shape index (κ3) is 2.86. The number of aromatic nitrogens is 1. The van der Waals surface area contributed by atoms with E-state index >= 15 is 0 Å². The minimum atomic E-state index is -0.970. The Morgan fingerprint density at radius 3 is 2.59 bits per heavy atom. The van der Waals surface area contributed by atoms with Gasteiger partial charge in [0, 0.05) is 16.5 Å². The molecule has 3 aromatic rings. The van der Waals surface area contributed by atoms with Gasteiger partial charge in [0.2, 0.25) is 0 Å². The molecule has 0 aliphatic heterocycles. The van der Waals surface area contributed by atoms with Crippen molar-refractivity contribution in [2.24, 2.45) is 0 Å². The van der Waals surface area contributed by atoms with Gasteiger partial charge in [0.25, 0.3) is 0 Å². The molecule has 0 aliphatic carbocycles. The van der Waals surface area contributed by atoms with Gasteiger partial charge in [-0.1, -0.05) is 47.5 Å². The molecule has 1 N–H and O–H groups in total. The number of carboxylic acids is 1. The topological polar surface area (TPSA) is 50.2 Å². The zero-order valence-corrected chi connectivity index (χ0v) is 13.4. The molecule has 0 radical (unpaired) electrons. The van der Waals surface area contributed by atoms with E-state index in [0.29, 0.717) is 20.6 Å². The Labute approximate surface area is 140 Å². The van der Waals surface area contributed by atoms with Gasteiger partial charge in [0.15, 0.2) is 0 Å². The normalized spacial score (nSPS) is 10.6. The number of aromatic carboxylic acids is 1. The van der Waals surface area contributed by atoms with Gasteiger partial charge in [-0.25, -0.2) is 9.78 Å². The number of nitrogens with zero attached hydrogens (tertiary/aromatic N) is 1. The summed E-state index contributed by atoms with van der Waals surface area (Å²) in [5.74, 6) is -0.970. The molecule has 3 nitrogen and oxygen atoms in total. The van der Waals surface area contributed by atoms with Gasteiger partial charge >= 0.3 is 5.97 Å². The summed E-state index contributed by atoms with van der Waals surface area (Å²) in [6, 6.07) is 12.1. The van der Waals surface area contributed by atoms with Gasteiger partial charge < -0.3 is 5.11 Å². The highest BCUT2D eigenvalue weighted by Gasteiger charge is 2.14. The fraction of sp³-hybridized carbons (Fsp3) is 0. The molecule has 1 aromatic heterocycles. The summed E-state index contributed by atoms with van der Waals surface area (Å²) in [7, 11) is 0. The molecule has 0 bridgehead atoms. The van der Waals surface area contributed by atoms with E-state index in [1.165, 1.54) is 11.3 Å². The summed E-state index contributed by atoms with van der Waals surface area (Å²) in [6.07, 6.45) is 0. The largest absolute Gasteiger partial charge is 0.478 e. The smallest absolute Gasteiger partial charge is 0.336 e. The van der Waals surface area contributed by atoms with Crippen molar-refractivity contribution in [3.8, 4) is 21.8 Å². The Morgan fingerprint density at radius 2 is 1.86 bits per heavy atom. The number of thiazole rings is 1. The second-order valence-electron chi connectivity index (χ2n) is 4.52. The van der Waals surface area contributed by atoms with Crippen LogP contribution in [-0.4, -0.2) is 16.1 Å². The van der Waals surface area contributed by atoms with Crippen molar-refractivity contribution in [3.05, 3.63) is 63.5 Å². The van der Waals surface area contributed by atoms with E-state index < -0.39 is 5.97 Å². The molecular weight excluding hydrogens is 341 g/mol. The summed E-state index contributed by atoms with van der Waals surface area (Å²) in [5.41, 5.74) is 2.41. The van der Waals surface area contributed by atoms with Crippen LogP contribution in [0.1, 0.15) is 10.4 Å². The lowest BCUT2D eigenvalue weighted by Crippen LogP contribution is -1.98. The lowest BCUT2D eigenvalue weighted by Gasteiger charge is -2.02. The van der Waals surface area contributed by atoms with Crippen LogP contribution in [0.25, 0.3) is 21.8 Å². The number of benzene rings is 2. The summed E-state index contributed by atoms with van der Waals surface area (Å²) in [4.78, 5) is 15.8. The second-order valence-corrected chi connectivity index (χ2v) is 6.19. The van der Waals surface area contributed by atoms with Crippen LogP contribution in [0, 0.1) is 0 Å². The van der Waals surface area contributed by atoms with Crippen molar-refractivity contribution >= 4 is 40.5 Å². The van der Waals surface area contributed by atoms with Crippen LogP contribution in [-0.2, 0) is 0 Å². The Morgan fingerprint density at radius 1 is 1.09 bits per heavy atom. The molecule has 110 valence electrons. The number of hydrogen-bond donors (Lipinski definition) is 1. The number of carboxylic acid groups (broad SMARTS) is 1. The zero-order chi connectivity index (χ0) is 15.7. The number of carbonyl (C=O) groups is 1. The van der Waals surface area contributed by atoms with Gasteiger partial charge in [-0.15, -0.1) is 11.3 Å². The number of rotatable bonds is 3. The van der Waals surface area contributed by atoms with E-state index in [9.17, 15) is 9.90 Å². The SMILES string of the molecule is O=C(O)c1ccccc1-c1nc(-c2ccc(Cl)c(Cl)c2)cs1. The zero-order valence-electron chi connectivity index (χ0n) is 11.1. The number of hydrogen-bond acceptors (Lipinski definition) is 3. The first-order chi connectivity index (χ1) is 10.6. The van der Waals surface area contributed by atoms with Gasteiger partial charge in [-0.3, -0.25) is 0 Å². The standard InChI is InChI=1S/C16H9Cl2NO2S/c17-12-6-5-9(7-13(12)18)14-8-22-15(19-14)10-3-1-2-4-11(10)16(20)21/h1-8H,(H,20,21). The van der Waals surface area contributed by atoms with E-state index in [1.807, 2.05) is 11.4 Å². The predicted octanol–water partition coefficient (Wildman–Crippen LogP) is 5.48. The highest BCUT2D eigenvalue weighted by atomic mass is 35.5. The fourth-order valence-electron chi connectivity index (χ4n) is 2.04. The molecule has 0 amide bonds. The van der Waals surface area contributed by atoms with Gasteiger partial charge in [0.05, 0.1) is 21.3 Å². The molecule has 0 fully saturated rings. The quantitative estimate of drug-likeness (QED) is 0.680. The van der Waals surface area contributed by atoms with E-state index in [2.05, 4.69) is 4.98 Å². The first-order valence-corrected chi connectivity index (χ1v) is 7.93. The van der Waals surface area contributed by atoms with Crippen molar-refractivity contribution in [2.75, 3.05) is 0 Å². The molecule has 0 saturated carbocycles. The van der Waals surface area contributed by atoms with Crippen LogP contribution in [0.3, 0.4) is 0 Å². The minimum Gasteiger partial charge on any atom is -0.478 e. The minimum absolute atomic E-state index is 0.234. The van der Waals surface area contributed by atoms with Crippen molar-refractivity contribution in [1.29, 1.82) is 0 Å². The molecule has 0 atom stereocenters. The van der Waals surface area contributed by atoms with Crippen molar-refractivity contribution in [3.63, 3.8) is 0 Å². The van der Waals surface area contributed by atoms with Crippen molar-refractivity contribution in [2.45, 2.75) is 0 Å². The monoisotopic (exact) mass is 349 g/mol. The predicted molar refractivity (Wildman–Crippen MR) is 90.0 cm³/mol. The van der Waals surface area contributed by atoms with Crippen LogP contribution in [0.15, 0.2) is 47.8 Å². The van der Waals surface area contributed by atoms with Gasteiger partial charge in [0.1, 0.15) is 5.01 Å². The number of halogens is 2. The third-order valence-corrected chi connectivity index (χ3v) is 4.72. The molecule has 0 saturated heterocycles. The van der Waals surface area contributed by atoms with E-state index in [4.69, 9.17) is 23.2 Å². The van der Waals surface area contributed by atoms with Crippen LogP contribution < -0.4 is 0 Å². The highest BCUT2D eigenvalue weighted by molar-refractivity contribution is 7.13. The summed E-state index contributed by atoms with van der Waals surface area (Å²) in [5, 5.41) is 12.7. The molecular formula is C16H9Cl2NO2S. The summed E-state index contributed by atoms with van der Waals surface area (Å²) >= 11 is 13.3. The Hall–Kier alpha value is -1.88. The van der Waals surface area contributed by atoms with Crippen LogP contribution in [0.5, 0.6) is 0 Å². The van der Waals surface area contributed by atoms with Crippen LogP contribution >= 0.6 is 34.5 Å². The summed E-state index contributed by atoms with van der Waals surface area (Å²) < 4.78 is 0. The Balaban J connectivity index is 2.04. The maximum Gasteiger partial charge on any atom is 0.336 e.